The lowest BCUT2D eigenvalue weighted by Crippen LogP contribution is -2.60. The van der Waals surface area contributed by atoms with Crippen molar-refractivity contribution in [3.63, 3.8) is 0 Å². The molecule has 0 aliphatic heterocycles. The molecule has 0 amide bonds. The van der Waals surface area contributed by atoms with E-state index in [1.165, 1.54) is 30.1 Å². The maximum absolute atomic E-state index is 13.8. The Bertz CT molecular complexity index is 1580. The first kappa shape index (κ1) is 34.9. The number of esters is 1. The number of aliphatic hydroxyl groups is 1. The Labute approximate surface area is 280 Å². The van der Waals surface area contributed by atoms with E-state index in [-0.39, 0.29) is 47.6 Å². The number of rotatable bonds is 8. The minimum Gasteiger partial charge on any atom is -0.454 e. The molecule has 0 aromatic heterocycles. The number of hydrogen-bond acceptors (Lipinski definition) is 6. The summed E-state index contributed by atoms with van der Waals surface area (Å²) in [5, 5.41) is 11.9. The number of ether oxygens (including phenoxy) is 1. The van der Waals surface area contributed by atoms with Gasteiger partial charge in [-0.15, -0.1) is 0 Å². The summed E-state index contributed by atoms with van der Waals surface area (Å²) in [5.41, 5.74) is 2.64. The highest BCUT2D eigenvalue weighted by Gasteiger charge is 2.68. The lowest BCUT2D eigenvalue weighted by atomic mass is 9.46. The van der Waals surface area contributed by atoms with Crippen LogP contribution in [0.2, 0.25) is 0 Å². The van der Waals surface area contributed by atoms with Crippen LogP contribution in [0.1, 0.15) is 99.8 Å². The van der Waals surface area contributed by atoms with Crippen molar-refractivity contribution >= 4 is 23.3 Å². The lowest BCUT2D eigenvalue weighted by molar-refractivity contribution is -0.171. The second-order valence-electron chi connectivity index (χ2n) is 15.9. The molecule has 0 bridgehead atoms. The molecule has 0 aromatic carbocycles. The maximum atomic E-state index is 13.8. The molecular weight excluding hydrogens is 588 g/mol. The van der Waals surface area contributed by atoms with Gasteiger partial charge in [-0.3, -0.25) is 14.4 Å². The molecule has 6 heteroatoms. The molecule has 0 spiro atoms. The predicted octanol–water partition coefficient (Wildman–Crippen LogP) is 7.85. The third-order valence-corrected chi connectivity index (χ3v) is 12.3. The molecule has 1 N–H and O–H groups in total. The zero-order valence-electron chi connectivity index (χ0n) is 29.3. The SMILES string of the molecule is CC(C=CC1=C(C)CCCC1(C)C)=CC=CC(C)=CC(=O)OCC(=O)[C@@]1(O)CC[C@H]2[C@@H]3CCC4=CC(=O)C=C[C@]4(C)[C@H]3C(=O)C[C@@]21C. The number of ketones is 3. The van der Waals surface area contributed by atoms with E-state index in [2.05, 4.69) is 32.9 Å². The van der Waals surface area contributed by atoms with Crippen molar-refractivity contribution in [3.05, 3.63) is 82.5 Å². The third-order valence-electron chi connectivity index (χ3n) is 12.3. The summed E-state index contributed by atoms with van der Waals surface area (Å²) < 4.78 is 5.35. The van der Waals surface area contributed by atoms with Crippen molar-refractivity contribution in [3.8, 4) is 0 Å². The first-order valence-electron chi connectivity index (χ1n) is 17.3. The Morgan fingerprint density at radius 1 is 1.02 bits per heavy atom. The third kappa shape index (κ3) is 6.42. The van der Waals surface area contributed by atoms with E-state index < -0.39 is 34.8 Å². The molecule has 0 aromatic rings. The van der Waals surface area contributed by atoms with Crippen LogP contribution in [0, 0.1) is 34.0 Å². The summed E-state index contributed by atoms with van der Waals surface area (Å²) in [5.74, 6) is -1.50. The quantitative estimate of drug-likeness (QED) is 0.165. The van der Waals surface area contributed by atoms with Crippen molar-refractivity contribution in [2.45, 2.75) is 105 Å². The smallest absolute Gasteiger partial charge is 0.331 e. The summed E-state index contributed by atoms with van der Waals surface area (Å²) in [6.07, 6.45) is 22.5. The molecule has 5 aliphatic carbocycles. The summed E-state index contributed by atoms with van der Waals surface area (Å²) in [6.45, 7) is 14.0. The minimum atomic E-state index is -1.75. The monoisotopic (exact) mass is 640 g/mol. The predicted molar refractivity (Wildman–Crippen MR) is 184 cm³/mol. The molecule has 0 radical (unpaired) electrons. The van der Waals surface area contributed by atoms with Crippen molar-refractivity contribution in [2.75, 3.05) is 6.61 Å². The van der Waals surface area contributed by atoms with Gasteiger partial charge in [0.15, 0.2) is 12.4 Å². The van der Waals surface area contributed by atoms with E-state index in [0.717, 1.165) is 30.4 Å². The van der Waals surface area contributed by atoms with Crippen LogP contribution >= 0.6 is 0 Å². The molecular formula is C41H52O6. The van der Waals surface area contributed by atoms with Crippen molar-refractivity contribution < 1.29 is 29.0 Å². The molecule has 5 aliphatic rings. The standard InChI is InChI=1S/C41H52O6/c1-26(13-16-32-28(3)12-9-19-38(32,4)5)10-8-11-27(2)22-36(45)47-25-35(44)41(46)21-18-33-31-15-14-29-23-30(42)17-20-39(29,6)37(31)34(43)24-40(33,41)7/h8,10-11,13,16-17,20,22-23,31,33,37,46H,9,12,14-15,18-19,21,24-25H2,1-7H3/t31-,33-,37+,39-,40-,41-/m0/s1. The van der Waals surface area contributed by atoms with Crippen LogP contribution in [-0.2, 0) is 23.9 Å². The molecule has 0 unspecified atom stereocenters. The zero-order chi connectivity index (χ0) is 34.4. The minimum absolute atomic E-state index is 0.0106. The van der Waals surface area contributed by atoms with Crippen LogP contribution in [0.4, 0.5) is 0 Å². The average molecular weight is 641 g/mol. The first-order valence-corrected chi connectivity index (χ1v) is 17.3. The second kappa shape index (κ2) is 12.9. The lowest BCUT2D eigenvalue weighted by Gasteiger charge is -2.56. The summed E-state index contributed by atoms with van der Waals surface area (Å²) in [7, 11) is 0. The average Bonchev–Trinajstić information content (AvgIpc) is 3.26. The largest absolute Gasteiger partial charge is 0.454 e. The van der Waals surface area contributed by atoms with Crippen LogP contribution < -0.4 is 0 Å². The Kier molecular flexibility index (Phi) is 9.60. The summed E-state index contributed by atoms with van der Waals surface area (Å²) in [4.78, 5) is 52.1. The Hall–Kier alpha value is -3.38. The van der Waals surface area contributed by atoms with Crippen LogP contribution in [0.3, 0.4) is 0 Å². The van der Waals surface area contributed by atoms with Crippen molar-refractivity contribution in [2.24, 2.45) is 34.0 Å². The molecule has 6 atom stereocenters. The highest BCUT2D eigenvalue weighted by Crippen LogP contribution is 2.66. The summed E-state index contributed by atoms with van der Waals surface area (Å²) >= 11 is 0. The number of carbonyl (C=O) groups is 4. The number of fused-ring (bicyclic) bond motifs is 5. The van der Waals surface area contributed by atoms with E-state index >= 15 is 0 Å². The van der Waals surface area contributed by atoms with Gasteiger partial charge in [-0.25, -0.2) is 4.79 Å². The number of allylic oxidation sites excluding steroid dienone is 13. The topological polar surface area (TPSA) is 97.7 Å². The zero-order valence-corrected chi connectivity index (χ0v) is 29.3. The molecule has 252 valence electrons. The van der Waals surface area contributed by atoms with Gasteiger partial charge in [0.25, 0.3) is 0 Å². The first-order chi connectivity index (χ1) is 22.0. The number of Topliss-reactive ketones (excluding diaryl/α,β-unsaturated/α-hetero) is 2. The number of hydrogen-bond donors (Lipinski definition) is 1. The fourth-order valence-corrected chi connectivity index (χ4v) is 9.66. The molecule has 5 rings (SSSR count). The van der Waals surface area contributed by atoms with Gasteiger partial charge in [-0.05, 0) is 106 Å². The Morgan fingerprint density at radius 3 is 2.49 bits per heavy atom. The van der Waals surface area contributed by atoms with E-state index in [9.17, 15) is 24.3 Å². The van der Waals surface area contributed by atoms with E-state index in [0.29, 0.717) is 12.0 Å². The van der Waals surface area contributed by atoms with Gasteiger partial charge in [0, 0.05) is 29.2 Å². The molecule has 0 heterocycles. The highest BCUT2D eigenvalue weighted by molar-refractivity contribution is 6.02. The van der Waals surface area contributed by atoms with Crippen LogP contribution in [-0.4, -0.2) is 40.6 Å². The highest BCUT2D eigenvalue weighted by atomic mass is 16.5. The molecule has 47 heavy (non-hydrogen) atoms. The van der Waals surface area contributed by atoms with Crippen LogP contribution in [0.15, 0.2) is 82.5 Å². The van der Waals surface area contributed by atoms with E-state index in [1.807, 2.05) is 45.1 Å². The number of carbonyl (C=O) groups excluding carboxylic acids is 4. The van der Waals surface area contributed by atoms with Gasteiger partial charge >= 0.3 is 5.97 Å². The van der Waals surface area contributed by atoms with Gasteiger partial charge in [-0.2, -0.15) is 0 Å². The van der Waals surface area contributed by atoms with Gasteiger partial charge in [0.2, 0.25) is 5.78 Å². The van der Waals surface area contributed by atoms with Crippen molar-refractivity contribution in [1.29, 1.82) is 0 Å². The molecule has 3 saturated carbocycles. The molecule has 0 saturated heterocycles. The van der Waals surface area contributed by atoms with Gasteiger partial charge in [-0.1, -0.05) is 80.9 Å². The second-order valence-corrected chi connectivity index (χ2v) is 15.9. The van der Waals surface area contributed by atoms with E-state index in [4.69, 9.17) is 4.74 Å². The molecule has 6 nitrogen and oxygen atoms in total. The normalized spacial score (nSPS) is 35.6. The van der Waals surface area contributed by atoms with Gasteiger partial charge in [0.1, 0.15) is 11.4 Å². The van der Waals surface area contributed by atoms with Crippen LogP contribution in [0.25, 0.3) is 0 Å². The maximum Gasteiger partial charge on any atom is 0.331 e. The summed E-state index contributed by atoms with van der Waals surface area (Å²) in [6, 6.07) is 0. The van der Waals surface area contributed by atoms with Crippen LogP contribution in [0.5, 0.6) is 0 Å². The molecule has 3 fully saturated rings. The fraction of sp³-hybridized carbons (Fsp3) is 0.561. The van der Waals surface area contributed by atoms with Crippen molar-refractivity contribution in [1.82, 2.24) is 0 Å². The Balaban J connectivity index is 1.19. The Morgan fingerprint density at radius 2 is 1.77 bits per heavy atom. The van der Waals surface area contributed by atoms with Gasteiger partial charge in [0.05, 0.1) is 0 Å². The fourth-order valence-electron chi connectivity index (χ4n) is 9.66. The van der Waals surface area contributed by atoms with E-state index in [1.54, 1.807) is 19.1 Å². The van der Waals surface area contributed by atoms with Gasteiger partial charge < -0.3 is 9.84 Å².